The van der Waals surface area contributed by atoms with Crippen LogP contribution in [0, 0.1) is 17.8 Å². The van der Waals surface area contributed by atoms with Crippen LogP contribution in [0.25, 0.3) is 0 Å². The lowest BCUT2D eigenvalue weighted by molar-refractivity contribution is -0.142. The zero-order chi connectivity index (χ0) is 31.6. The van der Waals surface area contributed by atoms with Gasteiger partial charge in [-0.3, -0.25) is 14.4 Å². The summed E-state index contributed by atoms with van der Waals surface area (Å²) in [5, 5.41) is 16.6. The Morgan fingerprint density at radius 2 is 1.64 bits per heavy atom. The molecule has 2 bridgehead atoms. The number of anilines is 3. The van der Waals surface area contributed by atoms with Crippen LogP contribution in [0.3, 0.4) is 0 Å². The molecule has 3 aliphatic heterocycles. The van der Waals surface area contributed by atoms with E-state index in [9.17, 15) is 19.5 Å². The highest BCUT2D eigenvalue weighted by Gasteiger charge is 2.74. The number of rotatable bonds is 13. The fourth-order valence-electron chi connectivity index (χ4n) is 7.44. The van der Waals surface area contributed by atoms with Crippen LogP contribution in [-0.2, 0) is 14.4 Å². The average molecular weight is 623 g/mol. The van der Waals surface area contributed by atoms with Crippen molar-refractivity contribution in [3.8, 4) is 5.75 Å². The van der Waals surface area contributed by atoms with E-state index in [2.05, 4.69) is 29.4 Å². The number of nitrogens with one attached hydrogen (secondary N) is 2. The van der Waals surface area contributed by atoms with Gasteiger partial charge in [-0.05, 0) is 88.1 Å². The van der Waals surface area contributed by atoms with Crippen LogP contribution < -0.4 is 20.3 Å². The molecule has 10 heteroatoms. The third kappa shape index (κ3) is 5.67. The summed E-state index contributed by atoms with van der Waals surface area (Å²) in [5.74, 6) is -1.20. The van der Waals surface area contributed by atoms with Gasteiger partial charge in [0.05, 0.1) is 35.8 Å². The first kappa shape index (κ1) is 32.2. The van der Waals surface area contributed by atoms with Crippen molar-refractivity contribution in [3.63, 3.8) is 0 Å². The van der Waals surface area contributed by atoms with Gasteiger partial charge in [0.15, 0.2) is 0 Å². The number of nitrogens with zero attached hydrogens (tertiary/aromatic N) is 2. The second-order valence-corrected chi connectivity index (χ2v) is 13.7. The fraction of sp³-hybridized carbons (Fsp3) is 0.559. The van der Waals surface area contributed by atoms with Crippen LogP contribution in [-0.4, -0.2) is 76.1 Å². The molecule has 0 aliphatic carbocycles. The minimum atomic E-state index is -0.799. The van der Waals surface area contributed by atoms with Crippen molar-refractivity contribution in [1.29, 1.82) is 0 Å². The molecule has 3 aliphatic rings. The maximum absolute atomic E-state index is 14.4. The molecule has 3 saturated heterocycles. The molecule has 2 aromatic carbocycles. The Balaban J connectivity index is 1.45. The van der Waals surface area contributed by atoms with Crippen LogP contribution in [0.15, 0.2) is 48.5 Å². The molecular formula is C34H46N4O5S. The standard InChI is InChI=1S/C34H46N4O5S/c1-6-21(5)26(20-39)38-30(32(41)36-22-10-14-24(15-11-22)37(7-2)8-3)34-19-18-27(44-34)28(29(34)33(38)42)31(40)35-23-12-16-25(17-13-23)43-9-4/h10-17,21,26-30,39H,6-9,18-20H2,1-5H3,(H,35,40)(H,36,41)/t21-,26-,27-,28+,29-,30?,34?/m0/s1. The van der Waals surface area contributed by atoms with Crippen molar-refractivity contribution >= 4 is 46.5 Å². The maximum atomic E-state index is 14.4. The Morgan fingerprint density at radius 1 is 1.02 bits per heavy atom. The molecule has 3 N–H and O–H groups in total. The summed E-state index contributed by atoms with van der Waals surface area (Å²) in [4.78, 5) is 46.5. The second kappa shape index (κ2) is 13.4. The van der Waals surface area contributed by atoms with Gasteiger partial charge >= 0.3 is 0 Å². The third-order valence-electron chi connectivity index (χ3n) is 9.83. The van der Waals surface area contributed by atoms with E-state index in [4.69, 9.17) is 4.74 Å². The van der Waals surface area contributed by atoms with Crippen molar-refractivity contribution in [2.24, 2.45) is 17.8 Å². The number of carbonyl (C=O) groups is 3. The van der Waals surface area contributed by atoms with Crippen molar-refractivity contribution in [2.45, 2.75) is 76.0 Å². The largest absolute Gasteiger partial charge is 0.494 e. The van der Waals surface area contributed by atoms with E-state index in [0.717, 1.165) is 37.4 Å². The summed E-state index contributed by atoms with van der Waals surface area (Å²) in [6.45, 7) is 12.2. The quantitative estimate of drug-likeness (QED) is 0.288. The second-order valence-electron chi connectivity index (χ2n) is 12.1. The topological polar surface area (TPSA) is 111 Å². The summed E-state index contributed by atoms with van der Waals surface area (Å²) in [7, 11) is 0. The number of thioether (sulfide) groups is 1. The molecular weight excluding hydrogens is 576 g/mol. The summed E-state index contributed by atoms with van der Waals surface area (Å²) in [6, 6.07) is 13.7. The highest BCUT2D eigenvalue weighted by molar-refractivity contribution is 8.02. The number of amides is 3. The molecule has 9 nitrogen and oxygen atoms in total. The predicted octanol–water partition coefficient (Wildman–Crippen LogP) is 5.01. The fourth-order valence-corrected chi connectivity index (χ4v) is 9.65. The first-order valence-corrected chi connectivity index (χ1v) is 16.9. The molecule has 7 atom stereocenters. The number of aliphatic hydroxyl groups excluding tert-OH is 1. The van der Waals surface area contributed by atoms with E-state index in [0.29, 0.717) is 24.4 Å². The highest BCUT2D eigenvalue weighted by atomic mass is 32.2. The van der Waals surface area contributed by atoms with Crippen molar-refractivity contribution in [1.82, 2.24) is 4.90 Å². The Hall–Kier alpha value is -3.24. The SMILES string of the molecule is CCOc1ccc(NC(=O)[C@@H]2[C@@H]3CCC4(S3)C(C(=O)Nc3ccc(N(CC)CC)cc3)N([C@@H](CO)[C@@H](C)CC)C(=O)[C@H]24)cc1. The molecule has 3 fully saturated rings. The van der Waals surface area contributed by atoms with Gasteiger partial charge in [-0.2, -0.15) is 0 Å². The van der Waals surface area contributed by atoms with Gasteiger partial charge in [0.25, 0.3) is 0 Å². The molecule has 3 amide bonds. The third-order valence-corrected chi connectivity index (χ3v) is 11.8. The average Bonchev–Trinajstić information content (AvgIpc) is 3.67. The minimum absolute atomic E-state index is 0.0267. The van der Waals surface area contributed by atoms with E-state index in [1.807, 2.05) is 57.2 Å². The Morgan fingerprint density at radius 3 is 2.20 bits per heavy atom. The van der Waals surface area contributed by atoms with E-state index < -0.39 is 28.7 Å². The van der Waals surface area contributed by atoms with E-state index in [1.165, 1.54) is 0 Å². The van der Waals surface area contributed by atoms with Crippen LogP contribution in [0.5, 0.6) is 5.75 Å². The lowest BCUT2D eigenvalue weighted by atomic mass is 9.70. The van der Waals surface area contributed by atoms with Gasteiger partial charge in [0.1, 0.15) is 11.8 Å². The van der Waals surface area contributed by atoms with Gasteiger partial charge in [0.2, 0.25) is 17.7 Å². The molecule has 238 valence electrons. The molecule has 0 saturated carbocycles. The van der Waals surface area contributed by atoms with Gasteiger partial charge in [-0.1, -0.05) is 20.3 Å². The molecule has 44 heavy (non-hydrogen) atoms. The van der Waals surface area contributed by atoms with Crippen LogP contribution in [0.1, 0.15) is 53.9 Å². The molecule has 1 spiro atoms. The lowest BCUT2D eigenvalue weighted by Crippen LogP contribution is -2.56. The molecule has 0 radical (unpaired) electrons. The number of fused-ring (bicyclic) bond motifs is 1. The molecule has 2 unspecified atom stereocenters. The summed E-state index contributed by atoms with van der Waals surface area (Å²) in [6.07, 6.45) is 2.16. The van der Waals surface area contributed by atoms with Crippen molar-refractivity contribution < 1.29 is 24.2 Å². The van der Waals surface area contributed by atoms with Gasteiger partial charge < -0.3 is 30.3 Å². The first-order chi connectivity index (χ1) is 21.2. The molecule has 5 rings (SSSR count). The first-order valence-electron chi connectivity index (χ1n) is 16.0. The molecule has 0 aromatic heterocycles. The highest BCUT2D eigenvalue weighted by Crippen LogP contribution is 2.67. The number of ether oxygens (including phenoxy) is 1. The number of benzene rings is 2. The van der Waals surface area contributed by atoms with E-state index >= 15 is 0 Å². The van der Waals surface area contributed by atoms with Gasteiger partial charge in [0, 0.05) is 35.4 Å². The van der Waals surface area contributed by atoms with Gasteiger partial charge in [-0.25, -0.2) is 0 Å². The Kier molecular flexibility index (Phi) is 9.80. The minimum Gasteiger partial charge on any atom is -0.494 e. The molecule has 3 heterocycles. The smallest absolute Gasteiger partial charge is 0.248 e. The van der Waals surface area contributed by atoms with Crippen molar-refractivity contribution in [3.05, 3.63) is 48.5 Å². The molecule has 2 aromatic rings. The summed E-state index contributed by atoms with van der Waals surface area (Å²) >= 11 is 1.63. The van der Waals surface area contributed by atoms with Crippen LogP contribution in [0.2, 0.25) is 0 Å². The number of hydrogen-bond acceptors (Lipinski definition) is 7. The van der Waals surface area contributed by atoms with Crippen LogP contribution >= 0.6 is 11.8 Å². The number of carbonyl (C=O) groups excluding carboxylic acids is 3. The maximum Gasteiger partial charge on any atom is 0.248 e. The van der Waals surface area contributed by atoms with Crippen LogP contribution in [0.4, 0.5) is 17.1 Å². The summed E-state index contributed by atoms with van der Waals surface area (Å²) < 4.78 is 4.78. The zero-order valence-electron chi connectivity index (χ0n) is 26.4. The van der Waals surface area contributed by atoms with E-state index in [-0.39, 0.29) is 35.5 Å². The zero-order valence-corrected chi connectivity index (χ0v) is 27.2. The Labute approximate surface area is 265 Å². The van der Waals surface area contributed by atoms with Gasteiger partial charge in [-0.15, -0.1) is 11.8 Å². The number of likely N-dealkylation sites (tertiary alicyclic amines) is 1. The van der Waals surface area contributed by atoms with E-state index in [1.54, 1.807) is 28.8 Å². The lowest BCUT2D eigenvalue weighted by Gasteiger charge is -2.39. The number of aliphatic hydroxyl groups is 1. The summed E-state index contributed by atoms with van der Waals surface area (Å²) in [5.41, 5.74) is 2.37. The van der Waals surface area contributed by atoms with Crippen molar-refractivity contribution in [2.75, 3.05) is 41.8 Å². The number of hydrogen-bond donors (Lipinski definition) is 3. The normalized spacial score (nSPS) is 26.7. The monoisotopic (exact) mass is 622 g/mol. The Bertz CT molecular complexity index is 1330. The predicted molar refractivity (Wildman–Crippen MR) is 176 cm³/mol.